The molecule has 1 aliphatic heterocycles. The van der Waals surface area contributed by atoms with Gasteiger partial charge in [0.2, 0.25) is 11.7 Å². The minimum atomic E-state index is -0.464. The molecule has 7 heteroatoms. The fourth-order valence-electron chi connectivity index (χ4n) is 2.10. The second kappa shape index (κ2) is 4.08. The number of hydrogen-bond donors (Lipinski definition) is 2. The minimum absolute atomic E-state index is 0.132. The van der Waals surface area contributed by atoms with Gasteiger partial charge in [-0.1, -0.05) is 0 Å². The Morgan fingerprint density at radius 2 is 2.22 bits per heavy atom. The summed E-state index contributed by atoms with van der Waals surface area (Å²) >= 11 is 0. The number of piperazine rings is 1. The number of rotatable bonds is 2. The van der Waals surface area contributed by atoms with E-state index in [1.807, 2.05) is 0 Å². The number of nitrogens with one attached hydrogen (secondary N) is 2. The number of carbonyl (C=O) groups is 2. The molecule has 1 saturated heterocycles. The molecule has 96 valence electrons. The average Bonchev–Trinajstić information content (AvgIpc) is 3.10. The van der Waals surface area contributed by atoms with Crippen LogP contribution in [0.25, 0.3) is 0 Å². The Labute approximate surface area is 104 Å². The van der Waals surface area contributed by atoms with Gasteiger partial charge in [0.1, 0.15) is 11.9 Å². The summed E-state index contributed by atoms with van der Waals surface area (Å²) in [6, 6.07) is -0.464. The number of aromatic nitrogens is 3. The Balaban J connectivity index is 1.77. The molecular weight excluding hydrogens is 234 g/mol. The van der Waals surface area contributed by atoms with Gasteiger partial charge in [-0.3, -0.25) is 14.7 Å². The predicted octanol–water partition coefficient (Wildman–Crippen LogP) is -0.357. The van der Waals surface area contributed by atoms with Crippen molar-refractivity contribution in [1.82, 2.24) is 25.4 Å². The van der Waals surface area contributed by atoms with Crippen molar-refractivity contribution >= 4 is 11.8 Å². The Morgan fingerprint density at radius 3 is 2.94 bits per heavy atom. The van der Waals surface area contributed by atoms with Crippen LogP contribution in [0.5, 0.6) is 0 Å². The molecule has 1 saturated carbocycles. The molecule has 0 radical (unpaired) electrons. The second-order valence-electron chi connectivity index (χ2n) is 4.78. The van der Waals surface area contributed by atoms with Crippen LogP contribution >= 0.6 is 0 Å². The van der Waals surface area contributed by atoms with Crippen molar-refractivity contribution in [3.63, 3.8) is 0 Å². The lowest BCUT2D eigenvalue weighted by Gasteiger charge is -2.31. The summed E-state index contributed by atoms with van der Waals surface area (Å²) < 4.78 is 0. The van der Waals surface area contributed by atoms with Crippen molar-refractivity contribution < 1.29 is 9.59 Å². The van der Waals surface area contributed by atoms with E-state index in [4.69, 9.17) is 0 Å². The first-order valence-electron chi connectivity index (χ1n) is 6.18. The van der Waals surface area contributed by atoms with Crippen LogP contribution in [0.1, 0.15) is 42.1 Å². The summed E-state index contributed by atoms with van der Waals surface area (Å²) in [5.41, 5.74) is 0. The Kier molecular flexibility index (Phi) is 2.53. The maximum Gasteiger partial charge on any atom is 0.294 e. The van der Waals surface area contributed by atoms with E-state index < -0.39 is 6.04 Å². The van der Waals surface area contributed by atoms with Crippen molar-refractivity contribution in [3.8, 4) is 0 Å². The number of carbonyl (C=O) groups excluding carboxylic acids is 2. The molecule has 0 bridgehead atoms. The van der Waals surface area contributed by atoms with Gasteiger partial charge in [0.25, 0.3) is 5.91 Å². The highest BCUT2D eigenvalue weighted by atomic mass is 16.2. The third-order valence-electron chi connectivity index (χ3n) is 3.42. The lowest BCUT2D eigenvalue weighted by atomic mass is 10.2. The molecule has 0 aromatic carbocycles. The second-order valence-corrected chi connectivity index (χ2v) is 4.78. The highest BCUT2D eigenvalue weighted by molar-refractivity contribution is 5.95. The van der Waals surface area contributed by atoms with Gasteiger partial charge in [-0.2, -0.15) is 0 Å². The quantitative estimate of drug-likeness (QED) is 0.749. The van der Waals surface area contributed by atoms with Crippen LogP contribution in [0.15, 0.2) is 0 Å². The fourth-order valence-corrected chi connectivity index (χ4v) is 2.10. The van der Waals surface area contributed by atoms with Crippen molar-refractivity contribution in [1.29, 1.82) is 0 Å². The first kappa shape index (κ1) is 11.2. The molecule has 2 aliphatic rings. The van der Waals surface area contributed by atoms with Crippen molar-refractivity contribution in [2.45, 2.75) is 31.7 Å². The van der Waals surface area contributed by atoms with Gasteiger partial charge >= 0.3 is 0 Å². The smallest absolute Gasteiger partial charge is 0.294 e. The molecule has 7 nitrogen and oxygen atoms in total. The van der Waals surface area contributed by atoms with Gasteiger partial charge in [0, 0.05) is 19.0 Å². The van der Waals surface area contributed by atoms with E-state index in [1.54, 1.807) is 6.92 Å². The fraction of sp³-hybridized carbons (Fsp3) is 0.636. The average molecular weight is 249 g/mol. The molecule has 0 spiro atoms. The number of H-pyrrole nitrogens is 1. The molecule has 3 rings (SSSR count). The van der Waals surface area contributed by atoms with Crippen LogP contribution in [0.3, 0.4) is 0 Å². The van der Waals surface area contributed by atoms with E-state index >= 15 is 0 Å². The van der Waals surface area contributed by atoms with E-state index in [2.05, 4.69) is 20.5 Å². The summed E-state index contributed by atoms with van der Waals surface area (Å²) in [4.78, 5) is 29.5. The summed E-state index contributed by atoms with van der Waals surface area (Å²) in [5.74, 6) is 0.972. The zero-order valence-corrected chi connectivity index (χ0v) is 10.1. The van der Waals surface area contributed by atoms with Gasteiger partial charge in [-0.05, 0) is 19.8 Å². The summed E-state index contributed by atoms with van der Waals surface area (Å²) in [7, 11) is 0. The molecule has 2 fully saturated rings. The first-order chi connectivity index (χ1) is 8.66. The molecule has 1 aliphatic carbocycles. The molecule has 2 heterocycles. The SMILES string of the molecule is CC1C(=O)NCCN1C(=O)c1n[nH]c(C2CC2)n1. The van der Waals surface area contributed by atoms with Crippen molar-refractivity contribution in [2.75, 3.05) is 13.1 Å². The molecule has 1 aromatic heterocycles. The molecule has 2 N–H and O–H groups in total. The first-order valence-corrected chi connectivity index (χ1v) is 6.18. The molecule has 2 amide bonds. The van der Waals surface area contributed by atoms with Gasteiger partial charge < -0.3 is 10.2 Å². The Morgan fingerprint density at radius 1 is 1.44 bits per heavy atom. The third-order valence-corrected chi connectivity index (χ3v) is 3.42. The maximum absolute atomic E-state index is 12.2. The number of aromatic amines is 1. The highest BCUT2D eigenvalue weighted by Gasteiger charge is 2.33. The van der Waals surface area contributed by atoms with Gasteiger partial charge in [0.15, 0.2) is 0 Å². The van der Waals surface area contributed by atoms with Crippen LogP contribution in [0.4, 0.5) is 0 Å². The molecular formula is C11H15N5O2. The summed E-state index contributed by atoms with van der Waals surface area (Å²) in [6.45, 7) is 2.69. The third kappa shape index (κ3) is 1.85. The Hall–Kier alpha value is -1.92. The number of nitrogens with zero attached hydrogens (tertiary/aromatic N) is 3. The van der Waals surface area contributed by atoms with Crippen molar-refractivity contribution in [2.24, 2.45) is 0 Å². The van der Waals surface area contributed by atoms with E-state index in [-0.39, 0.29) is 17.6 Å². The van der Waals surface area contributed by atoms with Crippen LogP contribution < -0.4 is 5.32 Å². The van der Waals surface area contributed by atoms with E-state index in [9.17, 15) is 9.59 Å². The van der Waals surface area contributed by atoms with Crippen LogP contribution in [0.2, 0.25) is 0 Å². The van der Waals surface area contributed by atoms with Crippen LogP contribution in [-0.2, 0) is 4.79 Å². The van der Waals surface area contributed by atoms with Gasteiger partial charge in [-0.25, -0.2) is 4.98 Å². The normalized spacial score (nSPS) is 23.9. The zero-order chi connectivity index (χ0) is 12.7. The predicted molar refractivity (Wildman–Crippen MR) is 61.9 cm³/mol. The van der Waals surface area contributed by atoms with Crippen LogP contribution in [0, 0.1) is 0 Å². The molecule has 1 unspecified atom stereocenters. The summed E-state index contributed by atoms with van der Waals surface area (Å²) in [6.07, 6.45) is 2.21. The number of amides is 2. The lowest BCUT2D eigenvalue weighted by molar-refractivity contribution is -0.127. The standard InChI is InChI=1S/C11H15N5O2/c1-6-10(17)12-4-5-16(6)11(18)9-13-8(14-15-9)7-2-3-7/h6-7H,2-5H2,1H3,(H,12,17)(H,13,14,15). The summed E-state index contributed by atoms with van der Waals surface area (Å²) in [5, 5.41) is 9.48. The van der Waals surface area contributed by atoms with Gasteiger partial charge in [-0.15, -0.1) is 5.10 Å². The largest absolute Gasteiger partial charge is 0.353 e. The van der Waals surface area contributed by atoms with Gasteiger partial charge in [0.05, 0.1) is 0 Å². The van der Waals surface area contributed by atoms with Crippen LogP contribution in [-0.4, -0.2) is 51.0 Å². The minimum Gasteiger partial charge on any atom is -0.353 e. The van der Waals surface area contributed by atoms with E-state index in [0.29, 0.717) is 19.0 Å². The Bertz CT molecular complexity index is 493. The zero-order valence-electron chi connectivity index (χ0n) is 10.1. The monoisotopic (exact) mass is 249 g/mol. The van der Waals surface area contributed by atoms with E-state index in [1.165, 1.54) is 4.90 Å². The number of hydrogen-bond acceptors (Lipinski definition) is 4. The molecule has 18 heavy (non-hydrogen) atoms. The van der Waals surface area contributed by atoms with Crippen molar-refractivity contribution in [3.05, 3.63) is 11.6 Å². The highest BCUT2D eigenvalue weighted by Crippen LogP contribution is 2.37. The molecule has 1 atom stereocenters. The van der Waals surface area contributed by atoms with E-state index in [0.717, 1.165) is 18.7 Å². The lowest BCUT2D eigenvalue weighted by Crippen LogP contribution is -2.56. The maximum atomic E-state index is 12.2. The molecule has 1 aromatic rings. The topological polar surface area (TPSA) is 91.0 Å².